The maximum atomic E-state index is 12.4. The van der Waals surface area contributed by atoms with E-state index in [1.807, 2.05) is 44.2 Å². The normalized spacial score (nSPS) is 12.4. The van der Waals surface area contributed by atoms with Crippen LogP contribution < -0.4 is 20.5 Å². The number of carbonyl (C=O) groups is 1. The number of fused-ring (bicyclic) bond motifs is 1. The first-order chi connectivity index (χ1) is 11.0. The highest BCUT2D eigenvalue weighted by molar-refractivity contribution is 5.95. The summed E-state index contributed by atoms with van der Waals surface area (Å²) >= 11 is 0. The molecule has 0 saturated heterocycles. The van der Waals surface area contributed by atoms with Crippen molar-refractivity contribution >= 4 is 29.7 Å². The highest BCUT2D eigenvalue weighted by Gasteiger charge is 2.25. The fourth-order valence-corrected chi connectivity index (χ4v) is 2.65. The topological polar surface area (TPSA) is 73.6 Å². The molecule has 3 N–H and O–H groups in total. The molecule has 2 aromatic carbocycles. The van der Waals surface area contributed by atoms with E-state index in [1.54, 1.807) is 12.1 Å². The van der Waals surface area contributed by atoms with Crippen molar-refractivity contribution in [1.82, 2.24) is 0 Å². The quantitative estimate of drug-likeness (QED) is 0.826. The van der Waals surface area contributed by atoms with Gasteiger partial charge in [0, 0.05) is 18.6 Å². The molecule has 6 heteroatoms. The van der Waals surface area contributed by atoms with E-state index in [4.69, 9.17) is 15.2 Å². The molecule has 0 fully saturated rings. The predicted octanol–water partition coefficient (Wildman–Crippen LogP) is 3.73. The summed E-state index contributed by atoms with van der Waals surface area (Å²) < 4.78 is 10.6. The third-order valence-electron chi connectivity index (χ3n) is 3.98. The lowest BCUT2D eigenvalue weighted by Crippen LogP contribution is -2.26. The van der Waals surface area contributed by atoms with E-state index in [2.05, 4.69) is 5.32 Å². The Bertz CT molecular complexity index is 733. The Morgan fingerprint density at radius 2 is 1.79 bits per heavy atom. The predicted molar refractivity (Wildman–Crippen MR) is 96.9 cm³/mol. The van der Waals surface area contributed by atoms with E-state index in [9.17, 15) is 4.79 Å². The number of halogens is 1. The molecule has 0 aromatic heterocycles. The second-order valence-corrected chi connectivity index (χ2v) is 6.27. The van der Waals surface area contributed by atoms with Crippen molar-refractivity contribution in [1.29, 1.82) is 0 Å². The van der Waals surface area contributed by atoms with Crippen LogP contribution in [-0.2, 0) is 10.2 Å². The Labute approximate surface area is 147 Å². The molecule has 0 aliphatic carbocycles. The summed E-state index contributed by atoms with van der Waals surface area (Å²) in [5, 5.41) is 2.87. The zero-order valence-corrected chi connectivity index (χ0v) is 14.5. The second-order valence-electron chi connectivity index (χ2n) is 6.27. The summed E-state index contributed by atoms with van der Waals surface area (Å²) in [5.41, 5.74) is 7.82. The highest BCUT2D eigenvalue weighted by atomic mass is 35.5. The molecule has 128 valence electrons. The van der Waals surface area contributed by atoms with Crippen molar-refractivity contribution < 1.29 is 14.3 Å². The molecule has 0 bridgehead atoms. The highest BCUT2D eigenvalue weighted by Crippen LogP contribution is 2.38. The largest absolute Gasteiger partial charge is 0.454 e. The Balaban J connectivity index is 0.00000208. The van der Waals surface area contributed by atoms with Crippen molar-refractivity contribution in [3.8, 4) is 11.5 Å². The average Bonchev–Trinajstić information content (AvgIpc) is 2.95. The fraction of sp³-hybridized carbons (Fsp3) is 0.278. The van der Waals surface area contributed by atoms with Crippen LogP contribution in [0, 0.1) is 0 Å². The molecule has 3 rings (SSSR count). The molecule has 1 amide bonds. The average molecular weight is 349 g/mol. The van der Waals surface area contributed by atoms with Gasteiger partial charge in [0.05, 0.1) is 11.4 Å². The van der Waals surface area contributed by atoms with Gasteiger partial charge in [0.25, 0.3) is 0 Å². The Kier molecular flexibility index (Phi) is 5.24. The van der Waals surface area contributed by atoms with Crippen LogP contribution in [0.1, 0.15) is 25.8 Å². The first kappa shape index (κ1) is 17.9. The lowest BCUT2D eigenvalue weighted by Gasteiger charge is -2.24. The van der Waals surface area contributed by atoms with Crippen LogP contribution in [0.5, 0.6) is 11.5 Å². The molecule has 0 unspecified atom stereocenters. The van der Waals surface area contributed by atoms with Gasteiger partial charge in [-0.1, -0.05) is 44.2 Å². The first-order valence-corrected chi connectivity index (χ1v) is 7.50. The van der Waals surface area contributed by atoms with Crippen LogP contribution in [0.25, 0.3) is 0 Å². The molecule has 0 radical (unpaired) electrons. The molecule has 1 aliphatic rings. The second kappa shape index (κ2) is 7.01. The van der Waals surface area contributed by atoms with Gasteiger partial charge in [0.2, 0.25) is 12.7 Å². The van der Waals surface area contributed by atoms with Gasteiger partial charge in [-0.2, -0.15) is 0 Å². The minimum absolute atomic E-state index is 0. The number of nitrogens with one attached hydrogen (secondary N) is 1. The lowest BCUT2D eigenvalue weighted by atomic mass is 9.81. The summed E-state index contributed by atoms with van der Waals surface area (Å²) in [6.07, 6.45) is 0.352. The summed E-state index contributed by atoms with van der Waals surface area (Å²) in [6, 6.07) is 13.3. The van der Waals surface area contributed by atoms with Gasteiger partial charge in [0.15, 0.2) is 11.5 Å². The zero-order valence-electron chi connectivity index (χ0n) is 13.7. The molecular formula is C18H21ClN2O3. The molecule has 0 saturated carbocycles. The van der Waals surface area contributed by atoms with Crippen LogP contribution in [-0.4, -0.2) is 12.7 Å². The van der Waals surface area contributed by atoms with Gasteiger partial charge in [-0.3, -0.25) is 4.79 Å². The number of amides is 1. The standard InChI is InChI=1S/C18H20N2O3.ClH/c1-18(2,12-6-4-3-5-7-12)10-17(21)20-14-9-16-15(8-13(14)19)22-11-23-16;/h3-9H,10-11,19H2,1-2H3,(H,20,21);1H. The SMILES string of the molecule is CC(C)(CC(=O)Nc1cc2c(cc1N)OCO2)c1ccccc1.Cl. The molecule has 0 atom stereocenters. The Morgan fingerprint density at radius 3 is 2.46 bits per heavy atom. The minimum Gasteiger partial charge on any atom is -0.454 e. The third-order valence-corrected chi connectivity index (χ3v) is 3.98. The maximum Gasteiger partial charge on any atom is 0.231 e. The number of carbonyl (C=O) groups excluding carboxylic acids is 1. The van der Waals surface area contributed by atoms with Gasteiger partial charge in [-0.25, -0.2) is 0 Å². The molecule has 2 aromatic rings. The lowest BCUT2D eigenvalue weighted by molar-refractivity contribution is -0.117. The molecule has 1 aliphatic heterocycles. The van der Waals surface area contributed by atoms with Crippen LogP contribution in [0.3, 0.4) is 0 Å². The maximum absolute atomic E-state index is 12.4. The summed E-state index contributed by atoms with van der Waals surface area (Å²) in [7, 11) is 0. The Morgan fingerprint density at radius 1 is 1.17 bits per heavy atom. The molecule has 5 nitrogen and oxygen atoms in total. The van der Waals surface area contributed by atoms with E-state index >= 15 is 0 Å². The minimum atomic E-state index is -0.267. The third kappa shape index (κ3) is 3.74. The van der Waals surface area contributed by atoms with Crippen molar-refractivity contribution in [2.75, 3.05) is 17.8 Å². The van der Waals surface area contributed by atoms with Crippen LogP contribution in [0.2, 0.25) is 0 Å². The molecular weight excluding hydrogens is 328 g/mol. The first-order valence-electron chi connectivity index (χ1n) is 7.50. The van der Waals surface area contributed by atoms with Gasteiger partial charge in [0.1, 0.15) is 0 Å². The summed E-state index contributed by atoms with van der Waals surface area (Å²) in [6.45, 7) is 4.27. The van der Waals surface area contributed by atoms with Gasteiger partial charge >= 0.3 is 0 Å². The van der Waals surface area contributed by atoms with Crippen LogP contribution >= 0.6 is 12.4 Å². The smallest absolute Gasteiger partial charge is 0.231 e. The van der Waals surface area contributed by atoms with E-state index in [1.165, 1.54) is 0 Å². The number of ether oxygens (including phenoxy) is 2. The number of hydrogen-bond donors (Lipinski definition) is 2. The van der Waals surface area contributed by atoms with Crippen molar-refractivity contribution in [2.24, 2.45) is 0 Å². The Hall–Kier alpha value is -2.40. The number of rotatable bonds is 4. The van der Waals surface area contributed by atoms with Crippen molar-refractivity contribution in [3.63, 3.8) is 0 Å². The number of nitrogens with two attached hydrogens (primary N) is 1. The summed E-state index contributed by atoms with van der Waals surface area (Å²) in [4.78, 5) is 12.4. The number of benzene rings is 2. The van der Waals surface area contributed by atoms with Gasteiger partial charge < -0.3 is 20.5 Å². The summed E-state index contributed by atoms with van der Waals surface area (Å²) in [5.74, 6) is 1.10. The molecule has 24 heavy (non-hydrogen) atoms. The van der Waals surface area contributed by atoms with E-state index in [-0.39, 0.29) is 30.5 Å². The number of hydrogen-bond acceptors (Lipinski definition) is 4. The van der Waals surface area contributed by atoms with Crippen LogP contribution in [0.4, 0.5) is 11.4 Å². The number of nitrogen functional groups attached to an aromatic ring is 1. The van der Waals surface area contributed by atoms with Crippen molar-refractivity contribution in [3.05, 3.63) is 48.0 Å². The van der Waals surface area contributed by atoms with E-state index < -0.39 is 0 Å². The fourth-order valence-electron chi connectivity index (χ4n) is 2.65. The number of anilines is 2. The van der Waals surface area contributed by atoms with E-state index in [0.717, 1.165) is 5.56 Å². The van der Waals surface area contributed by atoms with Crippen LogP contribution in [0.15, 0.2) is 42.5 Å². The van der Waals surface area contributed by atoms with Crippen molar-refractivity contribution in [2.45, 2.75) is 25.7 Å². The van der Waals surface area contributed by atoms with Gasteiger partial charge in [-0.15, -0.1) is 12.4 Å². The zero-order chi connectivity index (χ0) is 16.4. The van der Waals surface area contributed by atoms with Gasteiger partial charge in [-0.05, 0) is 11.0 Å². The molecule has 0 spiro atoms. The monoisotopic (exact) mass is 348 g/mol. The van der Waals surface area contributed by atoms with E-state index in [0.29, 0.717) is 29.3 Å². The molecule has 1 heterocycles.